The van der Waals surface area contributed by atoms with E-state index in [2.05, 4.69) is 22.9 Å². The van der Waals surface area contributed by atoms with E-state index < -0.39 is 5.66 Å². The number of rotatable bonds is 8. The lowest BCUT2D eigenvalue weighted by Crippen LogP contribution is -2.63. The van der Waals surface area contributed by atoms with Crippen LogP contribution in [0.2, 0.25) is 5.02 Å². The highest BCUT2D eigenvalue weighted by Gasteiger charge is 2.54. The molecule has 0 saturated carbocycles. The first-order chi connectivity index (χ1) is 16.9. The molecule has 2 aliphatic heterocycles. The van der Waals surface area contributed by atoms with Crippen LogP contribution >= 0.6 is 11.6 Å². The quantitative estimate of drug-likeness (QED) is 0.516. The molecule has 4 rings (SSSR count). The van der Waals surface area contributed by atoms with Gasteiger partial charge < -0.3 is 19.7 Å². The van der Waals surface area contributed by atoms with Crippen LogP contribution in [0.25, 0.3) is 0 Å². The van der Waals surface area contributed by atoms with Gasteiger partial charge in [-0.1, -0.05) is 37.1 Å². The summed E-state index contributed by atoms with van der Waals surface area (Å²) in [6.07, 6.45) is 1.77. The number of halogens is 1. The number of nitrogens with one attached hydrogen (secondary N) is 3. The molecule has 2 aromatic rings. The molecule has 3 N–H and O–H groups in total. The molecule has 2 fully saturated rings. The largest absolute Gasteiger partial charge is 0.497 e. The van der Waals surface area contributed by atoms with E-state index >= 15 is 0 Å². The van der Waals surface area contributed by atoms with Gasteiger partial charge in [-0.05, 0) is 43.2 Å². The van der Waals surface area contributed by atoms with Crippen LogP contribution in [0.1, 0.15) is 43.9 Å². The average molecular weight is 501 g/mol. The van der Waals surface area contributed by atoms with E-state index in [1.807, 2.05) is 43.3 Å². The van der Waals surface area contributed by atoms with E-state index in [9.17, 15) is 9.59 Å². The van der Waals surface area contributed by atoms with Gasteiger partial charge in [0.25, 0.3) is 5.91 Å². The van der Waals surface area contributed by atoms with Gasteiger partial charge in [0.1, 0.15) is 11.5 Å². The van der Waals surface area contributed by atoms with Gasteiger partial charge in [-0.15, -0.1) is 0 Å². The highest BCUT2D eigenvalue weighted by Crippen LogP contribution is 2.41. The van der Waals surface area contributed by atoms with Crippen LogP contribution in [-0.2, 0) is 15.3 Å². The van der Waals surface area contributed by atoms with Crippen LogP contribution in [-0.4, -0.2) is 56.1 Å². The third kappa shape index (κ3) is 5.10. The Morgan fingerprint density at radius 3 is 2.60 bits per heavy atom. The van der Waals surface area contributed by atoms with E-state index in [0.717, 1.165) is 18.4 Å². The zero-order valence-electron chi connectivity index (χ0n) is 20.4. The first-order valence-electron chi connectivity index (χ1n) is 12.1. The topological polar surface area (TPSA) is 91.9 Å². The Bertz CT molecular complexity index is 1060. The first kappa shape index (κ1) is 25.3. The summed E-state index contributed by atoms with van der Waals surface area (Å²) in [6.45, 7) is 5.30. The Labute approximate surface area is 211 Å². The molecule has 2 aliphatic rings. The maximum absolute atomic E-state index is 14.3. The lowest BCUT2D eigenvalue weighted by Gasteiger charge is -2.37. The lowest BCUT2D eigenvalue weighted by molar-refractivity contribution is -0.144. The van der Waals surface area contributed by atoms with Crippen LogP contribution in [0.5, 0.6) is 11.5 Å². The van der Waals surface area contributed by atoms with E-state index in [0.29, 0.717) is 41.8 Å². The Morgan fingerprint density at radius 1 is 1.17 bits per heavy atom. The van der Waals surface area contributed by atoms with Gasteiger partial charge >= 0.3 is 0 Å². The maximum Gasteiger partial charge on any atom is 0.263 e. The summed E-state index contributed by atoms with van der Waals surface area (Å²) in [6, 6.07) is 13.0. The van der Waals surface area contributed by atoms with E-state index in [-0.39, 0.29) is 30.4 Å². The number of piperazine rings is 1. The molecule has 188 valence electrons. The van der Waals surface area contributed by atoms with E-state index in [1.165, 1.54) is 0 Å². The molecular weight excluding hydrogens is 468 g/mol. The Kier molecular flexibility index (Phi) is 7.84. The van der Waals surface area contributed by atoms with Gasteiger partial charge in [0.15, 0.2) is 5.66 Å². The summed E-state index contributed by atoms with van der Waals surface area (Å²) in [5, 5.41) is 10.7. The molecule has 0 bridgehead atoms. The Morgan fingerprint density at radius 2 is 1.94 bits per heavy atom. The summed E-state index contributed by atoms with van der Waals surface area (Å²) in [4.78, 5) is 28.0. The second-order valence-corrected chi connectivity index (χ2v) is 9.27. The Hall–Kier alpha value is -2.81. The number of benzene rings is 2. The monoisotopic (exact) mass is 500 g/mol. The normalized spacial score (nSPS) is 24.2. The summed E-state index contributed by atoms with van der Waals surface area (Å²) in [5.74, 6) is 0.802. The van der Waals surface area contributed by atoms with Crippen molar-refractivity contribution in [3.8, 4) is 11.5 Å². The average Bonchev–Trinajstić information content (AvgIpc) is 3.24. The van der Waals surface area contributed by atoms with Crippen LogP contribution in [0, 0.1) is 0 Å². The molecule has 3 unspecified atom stereocenters. The highest BCUT2D eigenvalue weighted by atomic mass is 35.5. The molecule has 9 heteroatoms. The summed E-state index contributed by atoms with van der Waals surface area (Å²) < 4.78 is 11.4. The van der Waals surface area contributed by atoms with E-state index in [1.54, 1.807) is 18.1 Å². The van der Waals surface area contributed by atoms with Crippen LogP contribution in [0.15, 0.2) is 42.5 Å². The molecule has 35 heavy (non-hydrogen) atoms. The van der Waals surface area contributed by atoms with Crippen molar-refractivity contribution in [2.24, 2.45) is 0 Å². The predicted octanol–water partition coefficient (Wildman–Crippen LogP) is 2.96. The molecular formula is C26H33ClN4O4. The zero-order chi connectivity index (χ0) is 25.0. The first-order valence-corrected chi connectivity index (χ1v) is 12.5. The van der Waals surface area contributed by atoms with Gasteiger partial charge in [-0.2, -0.15) is 0 Å². The summed E-state index contributed by atoms with van der Waals surface area (Å²) in [7, 11) is 1.60. The van der Waals surface area contributed by atoms with Gasteiger partial charge in [0, 0.05) is 41.8 Å². The Balaban J connectivity index is 1.84. The predicted molar refractivity (Wildman–Crippen MR) is 135 cm³/mol. The fourth-order valence-electron chi connectivity index (χ4n) is 4.93. The second kappa shape index (κ2) is 10.8. The lowest BCUT2D eigenvalue weighted by atomic mass is 9.96. The fraction of sp³-hybridized carbons (Fsp3) is 0.462. The number of hydrogen-bond donors (Lipinski definition) is 3. The number of hydrogen-bond acceptors (Lipinski definition) is 6. The molecule has 0 aromatic heterocycles. The molecule has 2 amide bonds. The number of methoxy groups -OCH3 is 1. The van der Waals surface area contributed by atoms with Gasteiger partial charge in [-0.3, -0.25) is 20.2 Å². The van der Waals surface area contributed by atoms with Gasteiger partial charge in [0.05, 0.1) is 20.3 Å². The van der Waals surface area contributed by atoms with Crippen molar-refractivity contribution in [2.45, 2.75) is 44.4 Å². The maximum atomic E-state index is 14.3. The molecule has 8 nitrogen and oxygen atoms in total. The number of amides is 2. The van der Waals surface area contributed by atoms with Crippen molar-refractivity contribution in [1.82, 2.24) is 20.9 Å². The van der Waals surface area contributed by atoms with Crippen molar-refractivity contribution in [1.29, 1.82) is 0 Å². The van der Waals surface area contributed by atoms with Crippen molar-refractivity contribution < 1.29 is 19.1 Å². The van der Waals surface area contributed by atoms with Gasteiger partial charge in [0.2, 0.25) is 5.91 Å². The van der Waals surface area contributed by atoms with Crippen molar-refractivity contribution in [2.75, 3.05) is 33.4 Å². The number of carbonyl (C=O) groups is 2. The van der Waals surface area contributed by atoms with Crippen molar-refractivity contribution in [3.63, 3.8) is 0 Å². The molecule has 0 spiro atoms. The minimum atomic E-state index is -1.29. The summed E-state index contributed by atoms with van der Waals surface area (Å²) >= 11 is 6.15. The third-order valence-electron chi connectivity index (χ3n) is 6.54. The molecule has 2 saturated heterocycles. The minimum Gasteiger partial charge on any atom is -0.497 e. The SMILES string of the molecule is CCCC1NC(C(=O)N2CCNC(=O)C2)(c2ccc(OC)cc2OCC)NC1c1ccc(Cl)cc1. The third-order valence-corrected chi connectivity index (χ3v) is 6.80. The molecule has 0 aliphatic carbocycles. The van der Waals surface area contributed by atoms with Crippen LogP contribution in [0.3, 0.4) is 0 Å². The molecule has 3 atom stereocenters. The fourth-order valence-corrected chi connectivity index (χ4v) is 5.06. The zero-order valence-corrected chi connectivity index (χ0v) is 21.2. The van der Waals surface area contributed by atoms with Gasteiger partial charge in [-0.25, -0.2) is 0 Å². The van der Waals surface area contributed by atoms with E-state index in [4.69, 9.17) is 21.1 Å². The molecule has 2 aromatic carbocycles. The standard InChI is InChI=1S/C26H33ClN4O4/c1-4-6-21-24(17-7-9-18(27)10-8-17)30-26(29-21,25(33)31-14-13-28-23(32)16-31)20-12-11-19(34-3)15-22(20)35-5-2/h7-12,15,21,24,29-30H,4-6,13-14,16H2,1-3H3,(H,28,32). The van der Waals surface area contributed by atoms with Crippen LogP contribution in [0.4, 0.5) is 0 Å². The molecule has 0 radical (unpaired) electrons. The molecule has 2 heterocycles. The number of nitrogens with zero attached hydrogens (tertiary/aromatic N) is 1. The van der Waals surface area contributed by atoms with Crippen molar-refractivity contribution >= 4 is 23.4 Å². The van der Waals surface area contributed by atoms with Crippen molar-refractivity contribution in [3.05, 3.63) is 58.6 Å². The van der Waals surface area contributed by atoms with Crippen LogP contribution < -0.4 is 25.4 Å². The number of carbonyl (C=O) groups excluding carboxylic acids is 2. The smallest absolute Gasteiger partial charge is 0.263 e. The minimum absolute atomic E-state index is 0.00806. The highest BCUT2D eigenvalue weighted by molar-refractivity contribution is 6.30. The second-order valence-electron chi connectivity index (χ2n) is 8.83. The number of ether oxygens (including phenoxy) is 2. The summed E-state index contributed by atoms with van der Waals surface area (Å²) in [5.41, 5.74) is 0.394.